The number of urea groups is 1. The lowest BCUT2D eigenvalue weighted by Crippen LogP contribution is -2.44. The van der Waals surface area contributed by atoms with E-state index in [1.54, 1.807) is 31.3 Å². The van der Waals surface area contributed by atoms with E-state index in [1.165, 1.54) is 4.90 Å². The van der Waals surface area contributed by atoms with Gasteiger partial charge in [-0.25, -0.2) is 9.78 Å². The minimum atomic E-state index is -0.969. The van der Waals surface area contributed by atoms with Crippen LogP contribution in [0.25, 0.3) is 0 Å². The molecule has 136 valence electrons. The smallest absolute Gasteiger partial charge is 0.319 e. The molecule has 1 aromatic rings. The summed E-state index contributed by atoms with van der Waals surface area (Å²) in [6, 6.07) is 1.64. The van der Waals surface area contributed by atoms with Crippen LogP contribution in [0.3, 0.4) is 0 Å². The van der Waals surface area contributed by atoms with Gasteiger partial charge in [0.05, 0.1) is 0 Å². The van der Waals surface area contributed by atoms with Crippen LogP contribution in [0.15, 0.2) is 12.3 Å². The molecule has 2 amide bonds. The van der Waals surface area contributed by atoms with Crippen LogP contribution in [0.4, 0.5) is 16.6 Å². The molecule has 3 rings (SSSR count). The van der Waals surface area contributed by atoms with Crippen molar-refractivity contribution in [2.45, 2.75) is 6.92 Å². The zero-order valence-electron chi connectivity index (χ0n) is 14.8. The highest BCUT2D eigenvalue weighted by atomic mass is 16.4. The van der Waals surface area contributed by atoms with Gasteiger partial charge in [-0.1, -0.05) is 0 Å². The van der Waals surface area contributed by atoms with Crippen molar-refractivity contribution in [1.82, 2.24) is 19.8 Å². The summed E-state index contributed by atoms with van der Waals surface area (Å²) in [6.07, 6.45) is 1.67. The van der Waals surface area contributed by atoms with Gasteiger partial charge in [-0.15, -0.1) is 0 Å². The maximum Gasteiger partial charge on any atom is 0.319 e. The van der Waals surface area contributed by atoms with Crippen LogP contribution in [-0.2, 0) is 4.79 Å². The molecule has 0 aromatic carbocycles. The molecule has 2 N–H and O–H groups in total. The Hall–Kier alpha value is -2.58. The lowest BCUT2D eigenvalue weighted by atomic mass is 9.81. The number of fused-ring (bicyclic) bond motifs is 1. The fourth-order valence-corrected chi connectivity index (χ4v) is 3.73. The Morgan fingerprint density at radius 1 is 1.40 bits per heavy atom. The van der Waals surface area contributed by atoms with Crippen molar-refractivity contribution in [3.05, 3.63) is 12.3 Å². The molecule has 0 radical (unpaired) electrons. The SMILES string of the molecule is CCNc1ccnc(N2C[C@H]3CN(C(=O)N(C)C)C[C@@]3(C(=O)O)C2)n1. The predicted molar refractivity (Wildman–Crippen MR) is 92.6 cm³/mol. The van der Waals surface area contributed by atoms with Crippen molar-refractivity contribution in [2.24, 2.45) is 11.3 Å². The summed E-state index contributed by atoms with van der Waals surface area (Å²) in [4.78, 5) is 38.1. The Kier molecular flexibility index (Phi) is 4.40. The third-order valence-corrected chi connectivity index (χ3v) is 4.97. The molecule has 2 atom stereocenters. The van der Waals surface area contributed by atoms with Crippen molar-refractivity contribution in [2.75, 3.05) is 57.0 Å². The van der Waals surface area contributed by atoms with Crippen LogP contribution in [0, 0.1) is 11.3 Å². The zero-order chi connectivity index (χ0) is 18.2. The first-order valence-electron chi connectivity index (χ1n) is 8.39. The van der Waals surface area contributed by atoms with Gasteiger partial charge in [0, 0.05) is 58.9 Å². The molecular formula is C16H24N6O3. The molecule has 25 heavy (non-hydrogen) atoms. The van der Waals surface area contributed by atoms with Crippen molar-refractivity contribution in [1.29, 1.82) is 0 Å². The highest BCUT2D eigenvalue weighted by molar-refractivity contribution is 5.81. The molecule has 0 spiro atoms. The third-order valence-electron chi connectivity index (χ3n) is 4.97. The number of likely N-dealkylation sites (tertiary alicyclic amines) is 1. The second kappa shape index (κ2) is 6.38. The number of rotatable bonds is 4. The van der Waals surface area contributed by atoms with Crippen molar-refractivity contribution in [3.63, 3.8) is 0 Å². The standard InChI is InChI=1S/C16H24N6O3/c1-4-17-12-5-6-18-14(19-12)21-7-11-8-22(15(25)20(2)3)10-16(11,9-21)13(23)24/h5-6,11H,4,7-10H2,1-3H3,(H,23,24)(H,17,18,19)/t11-,16-/m0/s1. The number of aromatic nitrogens is 2. The predicted octanol–water partition coefficient (Wildman–Crippen LogP) is 0.413. The van der Waals surface area contributed by atoms with Gasteiger partial charge in [-0.05, 0) is 13.0 Å². The van der Waals surface area contributed by atoms with Gasteiger partial charge in [-0.3, -0.25) is 4.79 Å². The number of nitrogens with one attached hydrogen (secondary N) is 1. The number of carbonyl (C=O) groups excluding carboxylic acids is 1. The molecule has 0 aliphatic carbocycles. The molecule has 0 saturated carbocycles. The van der Waals surface area contributed by atoms with E-state index in [1.807, 2.05) is 11.8 Å². The first kappa shape index (κ1) is 17.2. The van der Waals surface area contributed by atoms with Gasteiger partial charge in [0.1, 0.15) is 11.2 Å². The number of hydrogen-bond acceptors (Lipinski definition) is 6. The minimum absolute atomic E-state index is 0.139. The lowest BCUT2D eigenvalue weighted by Gasteiger charge is -2.27. The minimum Gasteiger partial charge on any atom is -0.481 e. The summed E-state index contributed by atoms with van der Waals surface area (Å²) in [6.45, 7) is 4.22. The van der Waals surface area contributed by atoms with Gasteiger partial charge in [0.2, 0.25) is 5.95 Å². The number of carboxylic acids is 1. The third kappa shape index (κ3) is 2.94. The van der Waals surface area contributed by atoms with E-state index in [0.717, 1.165) is 12.4 Å². The highest BCUT2D eigenvalue weighted by Crippen LogP contribution is 2.43. The van der Waals surface area contributed by atoms with E-state index in [4.69, 9.17) is 0 Å². The molecule has 3 heterocycles. The molecule has 0 bridgehead atoms. The molecule has 2 fully saturated rings. The molecule has 2 aliphatic heterocycles. The van der Waals surface area contributed by atoms with Crippen LogP contribution >= 0.6 is 0 Å². The number of aliphatic carboxylic acids is 1. The van der Waals surface area contributed by atoms with E-state index >= 15 is 0 Å². The quantitative estimate of drug-likeness (QED) is 0.813. The normalized spacial score (nSPS) is 25.0. The fraction of sp³-hybridized carbons (Fsp3) is 0.625. The maximum absolute atomic E-state index is 12.2. The second-order valence-corrected chi connectivity index (χ2v) is 6.87. The lowest BCUT2D eigenvalue weighted by molar-refractivity contribution is -0.148. The van der Waals surface area contributed by atoms with Gasteiger partial charge in [-0.2, -0.15) is 4.98 Å². The Morgan fingerprint density at radius 2 is 2.16 bits per heavy atom. The largest absolute Gasteiger partial charge is 0.481 e. The number of amides is 2. The van der Waals surface area contributed by atoms with Crippen LogP contribution in [-0.4, -0.2) is 83.7 Å². The number of carbonyl (C=O) groups is 2. The first-order chi connectivity index (χ1) is 11.9. The van der Waals surface area contributed by atoms with E-state index in [2.05, 4.69) is 15.3 Å². The summed E-state index contributed by atoms with van der Waals surface area (Å²) in [5.74, 6) is 0.245. The van der Waals surface area contributed by atoms with Crippen molar-refractivity contribution >= 4 is 23.8 Å². The van der Waals surface area contributed by atoms with E-state index in [9.17, 15) is 14.7 Å². The van der Waals surface area contributed by atoms with Crippen LogP contribution in [0.5, 0.6) is 0 Å². The van der Waals surface area contributed by atoms with E-state index < -0.39 is 11.4 Å². The van der Waals surface area contributed by atoms with Crippen LogP contribution in [0.1, 0.15) is 6.92 Å². The van der Waals surface area contributed by atoms with Gasteiger partial charge >= 0.3 is 12.0 Å². The molecule has 2 aliphatic rings. The second-order valence-electron chi connectivity index (χ2n) is 6.87. The Bertz CT molecular complexity index is 682. The summed E-state index contributed by atoms with van der Waals surface area (Å²) < 4.78 is 0. The monoisotopic (exact) mass is 348 g/mol. The molecule has 2 saturated heterocycles. The Balaban J connectivity index is 1.81. The number of carboxylic acid groups (broad SMARTS) is 1. The number of hydrogen-bond donors (Lipinski definition) is 2. The van der Waals surface area contributed by atoms with Gasteiger partial charge < -0.3 is 25.1 Å². The summed E-state index contributed by atoms with van der Waals surface area (Å²) >= 11 is 0. The average molecular weight is 348 g/mol. The molecule has 9 nitrogen and oxygen atoms in total. The number of anilines is 2. The zero-order valence-corrected chi connectivity index (χ0v) is 14.8. The molecular weight excluding hydrogens is 324 g/mol. The summed E-state index contributed by atoms with van der Waals surface area (Å²) in [5, 5.41) is 13.0. The topological polar surface area (TPSA) is 102 Å². The Morgan fingerprint density at radius 3 is 2.76 bits per heavy atom. The first-order valence-corrected chi connectivity index (χ1v) is 8.39. The van der Waals surface area contributed by atoms with Crippen molar-refractivity contribution < 1.29 is 14.7 Å². The summed E-state index contributed by atoms with van der Waals surface area (Å²) in [5.41, 5.74) is -0.969. The highest BCUT2D eigenvalue weighted by Gasteiger charge is 2.59. The van der Waals surface area contributed by atoms with E-state index in [0.29, 0.717) is 25.6 Å². The summed E-state index contributed by atoms with van der Waals surface area (Å²) in [7, 11) is 3.35. The van der Waals surface area contributed by atoms with Gasteiger partial charge in [0.15, 0.2) is 0 Å². The Labute approximate surface area is 146 Å². The van der Waals surface area contributed by atoms with Gasteiger partial charge in [0.25, 0.3) is 0 Å². The average Bonchev–Trinajstić information content (AvgIpc) is 3.10. The van der Waals surface area contributed by atoms with Crippen LogP contribution in [0.2, 0.25) is 0 Å². The van der Waals surface area contributed by atoms with Crippen molar-refractivity contribution in [3.8, 4) is 0 Å². The molecule has 9 heteroatoms. The molecule has 0 unspecified atom stereocenters. The molecule has 1 aromatic heterocycles. The van der Waals surface area contributed by atoms with Crippen LogP contribution < -0.4 is 10.2 Å². The number of nitrogens with zero attached hydrogens (tertiary/aromatic N) is 5. The van der Waals surface area contributed by atoms with E-state index in [-0.39, 0.29) is 18.5 Å². The fourth-order valence-electron chi connectivity index (χ4n) is 3.73. The maximum atomic E-state index is 12.2.